The molecule has 1 aromatic rings. The van der Waals surface area contributed by atoms with Crippen LogP contribution < -0.4 is 16.4 Å². The van der Waals surface area contributed by atoms with Crippen LogP contribution in [0.15, 0.2) is 24.3 Å². The molecule has 4 N–H and O–H groups in total. The molecule has 0 saturated carbocycles. The molecule has 2 atom stereocenters. The summed E-state index contributed by atoms with van der Waals surface area (Å²) in [6.07, 6.45) is 1.96. The average molecular weight is 436 g/mol. The number of likely N-dealkylation sites (N-methyl/N-ethyl adjacent to an activating group) is 1. The van der Waals surface area contributed by atoms with E-state index in [-0.39, 0.29) is 23.9 Å². The summed E-state index contributed by atoms with van der Waals surface area (Å²) in [5, 5.41) is 16.3. The van der Waals surface area contributed by atoms with Gasteiger partial charge in [-0.15, -0.1) is 0 Å². The van der Waals surface area contributed by atoms with Crippen molar-refractivity contribution < 1.29 is 19.3 Å². The molecule has 0 spiro atoms. The van der Waals surface area contributed by atoms with Crippen molar-refractivity contribution in [3.05, 3.63) is 39.9 Å². The summed E-state index contributed by atoms with van der Waals surface area (Å²) in [6.45, 7) is 6.47. The Bertz CT molecular complexity index is 749. The molecule has 1 aromatic carbocycles. The summed E-state index contributed by atoms with van der Waals surface area (Å²) >= 11 is 0. The van der Waals surface area contributed by atoms with E-state index >= 15 is 0 Å². The van der Waals surface area contributed by atoms with Crippen LogP contribution in [0.4, 0.5) is 5.69 Å². The molecule has 0 bridgehead atoms. The number of nitrogens with zero attached hydrogens (tertiary/aromatic N) is 2. The number of unbranched alkanes of at least 4 members (excludes halogenated alkanes) is 1. The molecule has 0 aliphatic rings. The van der Waals surface area contributed by atoms with E-state index in [1.165, 1.54) is 19.1 Å². The molecule has 10 heteroatoms. The lowest BCUT2D eigenvalue weighted by atomic mass is 10.0. The molecule has 0 aliphatic carbocycles. The number of carbonyl (C=O) groups excluding carboxylic acids is 3. The van der Waals surface area contributed by atoms with Crippen LogP contribution in [0.5, 0.6) is 0 Å². The van der Waals surface area contributed by atoms with E-state index in [0.29, 0.717) is 44.5 Å². The third kappa shape index (κ3) is 8.71. The lowest BCUT2D eigenvalue weighted by molar-refractivity contribution is -0.384. The maximum Gasteiger partial charge on any atom is 0.269 e. The van der Waals surface area contributed by atoms with Gasteiger partial charge in [0.05, 0.1) is 4.92 Å². The highest BCUT2D eigenvalue weighted by Crippen LogP contribution is 2.14. The molecule has 1 rings (SSSR count). The average Bonchev–Trinajstić information content (AvgIpc) is 2.73. The summed E-state index contributed by atoms with van der Waals surface area (Å²) in [5.41, 5.74) is 6.14. The van der Waals surface area contributed by atoms with E-state index < -0.39 is 22.9 Å². The molecule has 0 unspecified atom stereocenters. The number of carbonyl (C=O) groups is 3. The molecule has 0 fully saturated rings. The van der Waals surface area contributed by atoms with Crippen molar-refractivity contribution in [2.45, 2.75) is 58.5 Å². The first kappa shape index (κ1) is 26.0. The smallest absolute Gasteiger partial charge is 0.269 e. The van der Waals surface area contributed by atoms with Crippen molar-refractivity contribution in [2.24, 2.45) is 5.73 Å². The maximum atomic E-state index is 13.0. The zero-order valence-corrected chi connectivity index (χ0v) is 18.4. The molecule has 0 radical (unpaired) electrons. The highest BCUT2D eigenvalue weighted by Gasteiger charge is 2.28. The third-order valence-corrected chi connectivity index (χ3v) is 4.92. The quantitative estimate of drug-likeness (QED) is 0.240. The number of nitro groups is 1. The third-order valence-electron chi connectivity index (χ3n) is 4.92. The van der Waals surface area contributed by atoms with Crippen molar-refractivity contribution in [1.29, 1.82) is 0 Å². The van der Waals surface area contributed by atoms with Crippen LogP contribution in [-0.2, 0) is 20.8 Å². The number of non-ortho nitro benzene ring substituents is 1. The normalized spacial score (nSPS) is 12.5. The van der Waals surface area contributed by atoms with Gasteiger partial charge in [-0.05, 0) is 45.2 Å². The number of nitrogens with one attached hydrogen (secondary N) is 2. The second kappa shape index (κ2) is 13.3. The summed E-state index contributed by atoms with van der Waals surface area (Å²) in [6, 6.07) is 4.23. The van der Waals surface area contributed by atoms with Crippen molar-refractivity contribution in [3.8, 4) is 0 Å². The summed E-state index contributed by atoms with van der Waals surface area (Å²) in [7, 11) is 0. The number of nitro benzene ring substituents is 1. The van der Waals surface area contributed by atoms with Gasteiger partial charge in [0.1, 0.15) is 12.1 Å². The predicted molar refractivity (Wildman–Crippen MR) is 117 cm³/mol. The van der Waals surface area contributed by atoms with Gasteiger partial charge >= 0.3 is 0 Å². The van der Waals surface area contributed by atoms with Crippen molar-refractivity contribution in [1.82, 2.24) is 15.5 Å². The minimum absolute atomic E-state index is 0.0509. The van der Waals surface area contributed by atoms with Gasteiger partial charge in [0.25, 0.3) is 5.69 Å². The molecule has 31 heavy (non-hydrogen) atoms. The fourth-order valence-corrected chi connectivity index (χ4v) is 3.22. The van der Waals surface area contributed by atoms with Gasteiger partial charge in [-0.25, -0.2) is 0 Å². The SMILES string of the molecule is CCN(CC)C(=O)[C@H](Cc1ccc([N+](=O)[O-])cc1)NC(=O)[C@H](CCCCN)NC(C)=O. The van der Waals surface area contributed by atoms with Gasteiger partial charge in [-0.2, -0.15) is 0 Å². The van der Waals surface area contributed by atoms with Crippen LogP contribution in [0.1, 0.15) is 45.6 Å². The van der Waals surface area contributed by atoms with Gasteiger partial charge in [-0.1, -0.05) is 12.1 Å². The Morgan fingerprint density at radius 1 is 1.06 bits per heavy atom. The van der Waals surface area contributed by atoms with Crippen molar-refractivity contribution in [3.63, 3.8) is 0 Å². The Morgan fingerprint density at radius 3 is 2.16 bits per heavy atom. The van der Waals surface area contributed by atoms with E-state index in [1.54, 1.807) is 17.0 Å². The summed E-state index contributed by atoms with van der Waals surface area (Å²) < 4.78 is 0. The van der Waals surface area contributed by atoms with Crippen LogP contribution in [0.3, 0.4) is 0 Å². The van der Waals surface area contributed by atoms with Crippen molar-refractivity contribution >= 4 is 23.4 Å². The maximum absolute atomic E-state index is 13.0. The molecule has 0 aromatic heterocycles. The van der Waals surface area contributed by atoms with Crippen molar-refractivity contribution in [2.75, 3.05) is 19.6 Å². The minimum atomic E-state index is -0.861. The van der Waals surface area contributed by atoms with Gasteiger partial charge < -0.3 is 21.3 Å². The molecular formula is C21H33N5O5. The Morgan fingerprint density at radius 2 is 1.68 bits per heavy atom. The van der Waals surface area contributed by atoms with E-state index in [9.17, 15) is 24.5 Å². The number of nitrogens with two attached hydrogens (primary N) is 1. The molecule has 0 heterocycles. The van der Waals surface area contributed by atoms with Crippen LogP contribution in [0.25, 0.3) is 0 Å². The first-order valence-electron chi connectivity index (χ1n) is 10.5. The zero-order chi connectivity index (χ0) is 23.4. The fourth-order valence-electron chi connectivity index (χ4n) is 3.22. The lowest BCUT2D eigenvalue weighted by Gasteiger charge is -2.27. The van der Waals surface area contributed by atoms with Crippen LogP contribution in [0, 0.1) is 10.1 Å². The van der Waals surface area contributed by atoms with E-state index in [1.807, 2.05) is 13.8 Å². The highest BCUT2D eigenvalue weighted by molar-refractivity contribution is 5.92. The number of amides is 3. The topological polar surface area (TPSA) is 148 Å². The van der Waals surface area contributed by atoms with Gasteiger partial charge in [0, 0.05) is 38.6 Å². The second-order valence-electron chi connectivity index (χ2n) is 7.24. The van der Waals surface area contributed by atoms with E-state index in [0.717, 1.165) is 0 Å². The molecular weight excluding hydrogens is 402 g/mol. The molecule has 0 aliphatic heterocycles. The zero-order valence-electron chi connectivity index (χ0n) is 18.4. The minimum Gasteiger partial charge on any atom is -0.345 e. The Kier molecular flexibility index (Phi) is 11.2. The molecule has 0 saturated heterocycles. The Balaban J connectivity index is 3.05. The van der Waals surface area contributed by atoms with Gasteiger partial charge in [0.15, 0.2) is 0 Å². The standard InChI is InChI=1S/C21H33N5O5/c1-4-25(5-2)21(29)19(14-16-9-11-17(12-10-16)26(30)31)24-20(28)18(23-15(3)27)8-6-7-13-22/h9-12,18-19H,4-8,13-14,22H2,1-3H3,(H,23,27)(H,24,28)/t18-,19-/m0/s1. The highest BCUT2D eigenvalue weighted by atomic mass is 16.6. The van der Waals surface area contributed by atoms with E-state index in [4.69, 9.17) is 5.73 Å². The lowest BCUT2D eigenvalue weighted by Crippen LogP contribution is -2.55. The second-order valence-corrected chi connectivity index (χ2v) is 7.24. The van der Waals surface area contributed by atoms with Crippen LogP contribution >= 0.6 is 0 Å². The van der Waals surface area contributed by atoms with Crippen LogP contribution in [0.2, 0.25) is 0 Å². The Hall–Kier alpha value is -3.01. The summed E-state index contributed by atoms with van der Waals surface area (Å²) in [4.78, 5) is 49.5. The largest absolute Gasteiger partial charge is 0.345 e. The molecule has 3 amide bonds. The number of hydrogen-bond acceptors (Lipinski definition) is 6. The van der Waals surface area contributed by atoms with Gasteiger partial charge in [0.2, 0.25) is 17.7 Å². The Labute approximate surface area is 182 Å². The van der Waals surface area contributed by atoms with Gasteiger partial charge in [-0.3, -0.25) is 24.5 Å². The first-order valence-corrected chi connectivity index (χ1v) is 10.5. The number of benzene rings is 1. The molecule has 172 valence electrons. The predicted octanol–water partition coefficient (Wildman–Crippen LogP) is 1.12. The number of rotatable bonds is 13. The fraction of sp³-hybridized carbons (Fsp3) is 0.571. The summed E-state index contributed by atoms with van der Waals surface area (Å²) in [5.74, 6) is -1.03. The van der Waals surface area contributed by atoms with E-state index in [2.05, 4.69) is 10.6 Å². The number of hydrogen-bond donors (Lipinski definition) is 3. The monoisotopic (exact) mass is 435 g/mol. The first-order chi connectivity index (χ1) is 14.7. The molecule has 10 nitrogen and oxygen atoms in total. The van der Waals surface area contributed by atoms with Crippen LogP contribution in [-0.4, -0.2) is 59.3 Å².